The van der Waals surface area contributed by atoms with Crippen LogP contribution in [0.3, 0.4) is 0 Å². The summed E-state index contributed by atoms with van der Waals surface area (Å²) < 4.78 is 21.3. The van der Waals surface area contributed by atoms with Gasteiger partial charge in [0.05, 0.1) is 5.39 Å². The Morgan fingerprint density at radius 3 is 2.76 bits per heavy atom. The number of carbonyl (C=O) groups is 2. The number of nitrogens with one attached hydrogen (secondary N) is 1. The summed E-state index contributed by atoms with van der Waals surface area (Å²) in [4.78, 5) is 23.6. The van der Waals surface area contributed by atoms with E-state index in [-0.39, 0.29) is 23.8 Å². The highest BCUT2D eigenvalue weighted by atomic mass is 16.5. The Morgan fingerprint density at radius 1 is 1.21 bits per heavy atom. The Morgan fingerprint density at radius 2 is 2.03 bits per heavy atom. The highest BCUT2D eigenvalue weighted by Gasteiger charge is 2.54. The number of fused-ring (bicyclic) bond motifs is 1. The zero-order valence-corrected chi connectivity index (χ0v) is 17.5. The first-order chi connectivity index (χ1) is 15.9. The number of aromatic nitrogens is 1. The molecule has 0 atom stereocenters. The number of nitrogens with zero attached hydrogens (tertiary/aromatic N) is 1. The number of ether oxygens (including phenoxy) is 1. The number of furan rings is 2. The molecule has 5 rings (SSSR count). The van der Waals surface area contributed by atoms with E-state index in [9.17, 15) is 14.7 Å². The van der Waals surface area contributed by atoms with Crippen molar-refractivity contribution in [2.24, 2.45) is 0 Å². The summed E-state index contributed by atoms with van der Waals surface area (Å²) in [7, 11) is 0. The van der Waals surface area contributed by atoms with E-state index in [4.69, 9.17) is 18.1 Å². The van der Waals surface area contributed by atoms with E-state index < -0.39 is 17.5 Å². The Balaban J connectivity index is 1.26. The first kappa shape index (κ1) is 20.5. The molecule has 33 heavy (non-hydrogen) atoms. The van der Waals surface area contributed by atoms with Gasteiger partial charge in [-0.25, -0.2) is 4.79 Å². The summed E-state index contributed by atoms with van der Waals surface area (Å²) in [5.41, 5.74) is 1.43. The molecule has 1 saturated carbocycles. The minimum Gasteiger partial charge on any atom is -0.480 e. The molecule has 9 nitrogen and oxygen atoms in total. The largest absolute Gasteiger partial charge is 0.480 e. The summed E-state index contributed by atoms with van der Waals surface area (Å²) in [5.74, 6) is 5.55. The fourth-order valence-corrected chi connectivity index (χ4v) is 3.43. The minimum absolute atomic E-state index is 0.126. The Bertz CT molecular complexity index is 1390. The van der Waals surface area contributed by atoms with Gasteiger partial charge in [-0.05, 0) is 48.8 Å². The van der Waals surface area contributed by atoms with E-state index in [1.54, 1.807) is 12.1 Å². The molecule has 0 unspecified atom stereocenters. The maximum absolute atomic E-state index is 12.1. The van der Waals surface area contributed by atoms with E-state index >= 15 is 0 Å². The molecule has 1 aliphatic rings. The third kappa shape index (κ3) is 3.94. The standard InChI is InChI=1S/C24H18N2O7/c1-14-4-2-3-5-15(14)12-30-23(29)25-19-13-31-26-18(19)7-6-17-10-16-11-20(33-21(16)32-17)24(8-9-24)22(27)28/h2-5,10-11,13H,8-9,12H2,1H3,(H,25,29)(H,27,28). The minimum atomic E-state index is -0.942. The average Bonchev–Trinajstić information content (AvgIpc) is 3.11. The molecule has 166 valence electrons. The van der Waals surface area contributed by atoms with Gasteiger partial charge in [0.2, 0.25) is 0 Å². The van der Waals surface area contributed by atoms with Crippen LogP contribution in [-0.2, 0) is 21.6 Å². The lowest BCUT2D eigenvalue weighted by Crippen LogP contribution is -2.18. The Kier molecular flexibility index (Phi) is 4.90. The zero-order valence-electron chi connectivity index (χ0n) is 17.5. The normalized spacial score (nSPS) is 13.8. The molecule has 1 aromatic carbocycles. The SMILES string of the molecule is Cc1ccccc1COC(=O)Nc1conc1C#Cc1cc2cc(C3(C(=O)O)CC3)oc2o1. The van der Waals surface area contributed by atoms with Gasteiger partial charge in [-0.3, -0.25) is 10.1 Å². The van der Waals surface area contributed by atoms with Crippen LogP contribution in [-0.4, -0.2) is 22.3 Å². The molecular weight excluding hydrogens is 428 g/mol. The summed E-state index contributed by atoms with van der Waals surface area (Å²) >= 11 is 0. The van der Waals surface area contributed by atoms with Crippen LogP contribution >= 0.6 is 0 Å². The van der Waals surface area contributed by atoms with Gasteiger partial charge in [0.1, 0.15) is 29.7 Å². The summed E-state index contributed by atoms with van der Waals surface area (Å²) in [6.45, 7) is 2.06. The van der Waals surface area contributed by atoms with Crippen LogP contribution in [0.4, 0.5) is 10.5 Å². The second-order valence-corrected chi connectivity index (χ2v) is 7.81. The molecule has 0 saturated heterocycles. The molecule has 1 fully saturated rings. The third-order valence-electron chi connectivity index (χ3n) is 5.58. The van der Waals surface area contributed by atoms with Crippen molar-refractivity contribution in [2.45, 2.75) is 31.8 Å². The zero-order chi connectivity index (χ0) is 23.0. The number of rotatable bonds is 5. The molecule has 4 aromatic rings. The number of benzene rings is 1. The monoisotopic (exact) mass is 446 g/mol. The van der Waals surface area contributed by atoms with Gasteiger partial charge >= 0.3 is 12.1 Å². The third-order valence-corrected chi connectivity index (χ3v) is 5.58. The maximum Gasteiger partial charge on any atom is 0.412 e. The van der Waals surface area contributed by atoms with Gasteiger partial charge in [-0.15, -0.1) is 0 Å². The molecule has 1 amide bonds. The summed E-state index contributed by atoms with van der Waals surface area (Å²) in [6, 6.07) is 10.9. The van der Waals surface area contributed by atoms with Gasteiger partial charge in [0.25, 0.3) is 5.78 Å². The van der Waals surface area contributed by atoms with Crippen molar-refractivity contribution in [1.82, 2.24) is 5.16 Å². The van der Waals surface area contributed by atoms with E-state index in [0.29, 0.717) is 29.7 Å². The number of hydrogen-bond donors (Lipinski definition) is 2. The van der Waals surface area contributed by atoms with Crippen molar-refractivity contribution in [1.29, 1.82) is 0 Å². The molecular formula is C24H18N2O7. The van der Waals surface area contributed by atoms with Crippen LogP contribution in [0.5, 0.6) is 0 Å². The fraction of sp³-hybridized carbons (Fsp3) is 0.208. The van der Waals surface area contributed by atoms with E-state index in [0.717, 1.165) is 11.1 Å². The Hall–Kier alpha value is -4.45. The van der Waals surface area contributed by atoms with Gasteiger partial charge in [0, 0.05) is 6.07 Å². The van der Waals surface area contributed by atoms with E-state index in [1.807, 2.05) is 31.2 Å². The van der Waals surface area contributed by atoms with Crippen molar-refractivity contribution in [2.75, 3.05) is 5.32 Å². The number of aryl methyl sites for hydroxylation is 1. The summed E-state index contributed by atoms with van der Waals surface area (Å²) in [5, 5.41) is 16.4. The lowest BCUT2D eigenvalue weighted by Gasteiger charge is -2.07. The molecule has 2 N–H and O–H groups in total. The highest BCUT2D eigenvalue weighted by molar-refractivity contribution is 5.87. The quantitative estimate of drug-likeness (QED) is 0.426. The lowest BCUT2D eigenvalue weighted by atomic mass is 10.0. The van der Waals surface area contributed by atoms with Crippen LogP contribution < -0.4 is 5.32 Å². The highest BCUT2D eigenvalue weighted by Crippen LogP contribution is 2.50. The molecule has 3 heterocycles. The number of amides is 1. The van der Waals surface area contributed by atoms with Gasteiger partial charge in [-0.2, -0.15) is 0 Å². The molecule has 9 heteroatoms. The number of anilines is 1. The second kappa shape index (κ2) is 7.91. The van der Waals surface area contributed by atoms with Crippen LogP contribution in [0, 0.1) is 18.8 Å². The number of carboxylic acid groups (broad SMARTS) is 1. The Labute approximate surface area is 187 Å². The molecule has 0 spiro atoms. The van der Waals surface area contributed by atoms with Gasteiger partial charge < -0.3 is 23.2 Å². The first-order valence-corrected chi connectivity index (χ1v) is 10.2. The van der Waals surface area contributed by atoms with Crippen molar-refractivity contribution in [3.8, 4) is 11.8 Å². The first-order valence-electron chi connectivity index (χ1n) is 10.2. The number of aliphatic carboxylic acids is 1. The molecule has 0 bridgehead atoms. The van der Waals surface area contributed by atoms with Gasteiger partial charge in [-0.1, -0.05) is 29.4 Å². The fourth-order valence-electron chi connectivity index (χ4n) is 3.43. The topological polar surface area (TPSA) is 128 Å². The molecule has 3 aromatic heterocycles. The van der Waals surface area contributed by atoms with Crippen molar-refractivity contribution in [3.63, 3.8) is 0 Å². The maximum atomic E-state index is 12.1. The van der Waals surface area contributed by atoms with E-state index in [1.165, 1.54) is 6.26 Å². The molecule has 1 aliphatic carbocycles. The van der Waals surface area contributed by atoms with Crippen LogP contribution in [0.2, 0.25) is 0 Å². The smallest absolute Gasteiger partial charge is 0.412 e. The number of hydrogen-bond acceptors (Lipinski definition) is 7. The predicted octanol–water partition coefficient (Wildman–Crippen LogP) is 4.59. The molecule has 0 aliphatic heterocycles. The number of carboxylic acids is 1. The average molecular weight is 446 g/mol. The van der Waals surface area contributed by atoms with Crippen LogP contribution in [0.25, 0.3) is 11.2 Å². The van der Waals surface area contributed by atoms with Crippen molar-refractivity contribution in [3.05, 3.63) is 71.0 Å². The molecule has 0 radical (unpaired) electrons. The van der Waals surface area contributed by atoms with E-state index in [2.05, 4.69) is 22.3 Å². The summed E-state index contributed by atoms with van der Waals surface area (Å²) in [6.07, 6.45) is 1.67. The van der Waals surface area contributed by atoms with Crippen LogP contribution in [0.1, 0.15) is 41.2 Å². The van der Waals surface area contributed by atoms with Gasteiger partial charge in [0.15, 0.2) is 11.5 Å². The van der Waals surface area contributed by atoms with Crippen LogP contribution in [0.15, 0.2) is 56.0 Å². The van der Waals surface area contributed by atoms with Crippen molar-refractivity contribution >= 4 is 28.9 Å². The predicted molar refractivity (Wildman–Crippen MR) is 114 cm³/mol. The number of carbonyl (C=O) groups excluding carboxylic acids is 1. The second-order valence-electron chi connectivity index (χ2n) is 7.81. The lowest BCUT2D eigenvalue weighted by molar-refractivity contribution is -0.140. The van der Waals surface area contributed by atoms with Crippen molar-refractivity contribution < 1.29 is 32.8 Å².